The lowest BCUT2D eigenvalue weighted by Crippen LogP contribution is -2.35. The van der Waals surface area contributed by atoms with Crippen LogP contribution in [0.15, 0.2) is 36.5 Å². The number of rotatable bonds is 5. The molecule has 1 heterocycles. The molecule has 2 aromatic rings. The average Bonchev–Trinajstić information content (AvgIpc) is 2.93. The Labute approximate surface area is 112 Å². The summed E-state index contributed by atoms with van der Waals surface area (Å²) in [6, 6.07) is 9.00. The second kappa shape index (κ2) is 6.15. The lowest BCUT2D eigenvalue weighted by Gasteiger charge is -2.11. The van der Waals surface area contributed by atoms with Gasteiger partial charge in [0.15, 0.2) is 0 Å². The highest BCUT2D eigenvalue weighted by Gasteiger charge is 2.12. The van der Waals surface area contributed by atoms with Gasteiger partial charge in [0, 0.05) is 17.4 Å². The predicted octanol–water partition coefficient (Wildman–Crippen LogP) is 2.14. The monoisotopic (exact) mass is 258 g/mol. The van der Waals surface area contributed by atoms with E-state index in [9.17, 15) is 4.79 Å². The molecule has 2 rings (SSSR count). The molecule has 0 aliphatic rings. The molecule has 0 radical (unpaired) electrons. The van der Waals surface area contributed by atoms with Gasteiger partial charge in [-0.15, -0.1) is 0 Å². The maximum absolute atomic E-state index is 11.8. The van der Waals surface area contributed by atoms with Crippen LogP contribution in [0.1, 0.15) is 19.8 Å². The van der Waals surface area contributed by atoms with Gasteiger partial charge in [0.25, 0.3) is 0 Å². The molecule has 0 unspecified atom stereocenters. The number of amides is 1. The minimum Gasteiger partial charge on any atom is -0.325 e. The SMILES string of the molecule is CCC[C@H](N)C(=O)Nc1cccc(-c2ccn[nH]2)c1. The third-order valence-electron chi connectivity index (χ3n) is 2.88. The maximum atomic E-state index is 11.8. The molecule has 1 aromatic carbocycles. The summed E-state index contributed by atoms with van der Waals surface area (Å²) in [5.41, 5.74) is 8.40. The molecule has 1 atom stereocenters. The summed E-state index contributed by atoms with van der Waals surface area (Å²) in [6.45, 7) is 2.01. The molecule has 5 nitrogen and oxygen atoms in total. The van der Waals surface area contributed by atoms with E-state index >= 15 is 0 Å². The van der Waals surface area contributed by atoms with Gasteiger partial charge >= 0.3 is 0 Å². The zero-order valence-corrected chi connectivity index (χ0v) is 10.9. The van der Waals surface area contributed by atoms with Crippen molar-refractivity contribution in [2.75, 3.05) is 5.32 Å². The van der Waals surface area contributed by atoms with Crippen LogP contribution in [-0.2, 0) is 4.79 Å². The van der Waals surface area contributed by atoms with Crippen molar-refractivity contribution in [1.29, 1.82) is 0 Å². The van der Waals surface area contributed by atoms with Gasteiger partial charge < -0.3 is 11.1 Å². The van der Waals surface area contributed by atoms with Gasteiger partial charge in [0.2, 0.25) is 5.91 Å². The number of hydrogen-bond donors (Lipinski definition) is 3. The number of nitrogens with one attached hydrogen (secondary N) is 2. The molecule has 0 spiro atoms. The van der Waals surface area contributed by atoms with Crippen LogP contribution in [0, 0.1) is 0 Å². The molecule has 0 saturated carbocycles. The average molecular weight is 258 g/mol. The zero-order valence-electron chi connectivity index (χ0n) is 10.9. The first-order chi connectivity index (χ1) is 9.20. The van der Waals surface area contributed by atoms with Gasteiger partial charge in [-0.1, -0.05) is 25.5 Å². The number of H-pyrrole nitrogens is 1. The van der Waals surface area contributed by atoms with E-state index in [1.807, 2.05) is 37.3 Å². The number of carbonyl (C=O) groups excluding carboxylic acids is 1. The van der Waals surface area contributed by atoms with Crippen LogP contribution in [0.25, 0.3) is 11.3 Å². The van der Waals surface area contributed by atoms with Crippen molar-refractivity contribution >= 4 is 11.6 Å². The largest absolute Gasteiger partial charge is 0.325 e. The molecule has 5 heteroatoms. The molecule has 0 fully saturated rings. The Morgan fingerprint density at radius 1 is 1.47 bits per heavy atom. The number of anilines is 1. The van der Waals surface area contributed by atoms with E-state index in [1.165, 1.54) is 0 Å². The fourth-order valence-electron chi connectivity index (χ4n) is 1.86. The van der Waals surface area contributed by atoms with Gasteiger partial charge in [-0.25, -0.2) is 0 Å². The number of aromatic nitrogens is 2. The Hall–Kier alpha value is -2.14. The van der Waals surface area contributed by atoms with Crippen molar-refractivity contribution in [2.24, 2.45) is 5.73 Å². The third-order valence-corrected chi connectivity index (χ3v) is 2.88. The number of nitrogens with two attached hydrogens (primary N) is 1. The van der Waals surface area contributed by atoms with Crippen LogP contribution in [0.2, 0.25) is 0 Å². The minimum absolute atomic E-state index is 0.149. The highest BCUT2D eigenvalue weighted by atomic mass is 16.2. The van der Waals surface area contributed by atoms with Crippen molar-refractivity contribution in [3.63, 3.8) is 0 Å². The van der Waals surface area contributed by atoms with E-state index < -0.39 is 6.04 Å². The smallest absolute Gasteiger partial charge is 0.241 e. The molecule has 0 aliphatic carbocycles. The number of benzene rings is 1. The number of carbonyl (C=O) groups is 1. The van der Waals surface area contributed by atoms with E-state index in [0.717, 1.165) is 23.4 Å². The second-order valence-electron chi connectivity index (χ2n) is 4.44. The second-order valence-corrected chi connectivity index (χ2v) is 4.44. The summed E-state index contributed by atoms with van der Waals surface area (Å²) in [5, 5.41) is 9.63. The standard InChI is InChI=1S/C14H18N4O/c1-2-4-12(15)14(19)17-11-6-3-5-10(9-11)13-7-8-16-18-13/h3,5-9,12H,2,4,15H2,1H3,(H,16,18)(H,17,19)/t12-/m0/s1. The van der Waals surface area contributed by atoms with Crippen molar-refractivity contribution in [1.82, 2.24) is 10.2 Å². The summed E-state index contributed by atoms with van der Waals surface area (Å²) in [4.78, 5) is 11.8. The van der Waals surface area contributed by atoms with Gasteiger partial charge in [-0.2, -0.15) is 5.10 Å². The van der Waals surface area contributed by atoms with Crippen LogP contribution in [-0.4, -0.2) is 22.1 Å². The van der Waals surface area contributed by atoms with E-state index in [2.05, 4.69) is 15.5 Å². The molecule has 1 aromatic heterocycles. The molecule has 0 aliphatic heterocycles. The molecule has 100 valence electrons. The molecular formula is C14H18N4O. The van der Waals surface area contributed by atoms with Crippen molar-refractivity contribution in [3.05, 3.63) is 36.5 Å². The highest BCUT2D eigenvalue weighted by Crippen LogP contribution is 2.20. The summed E-state index contributed by atoms with van der Waals surface area (Å²) in [6.07, 6.45) is 3.27. The molecule has 0 bridgehead atoms. The predicted molar refractivity (Wildman–Crippen MR) is 75.5 cm³/mol. The summed E-state index contributed by atoms with van der Waals surface area (Å²) in [5.74, 6) is -0.149. The van der Waals surface area contributed by atoms with Crippen LogP contribution in [0.5, 0.6) is 0 Å². The lowest BCUT2D eigenvalue weighted by molar-refractivity contribution is -0.117. The van der Waals surface area contributed by atoms with Crippen molar-refractivity contribution < 1.29 is 4.79 Å². The first-order valence-corrected chi connectivity index (χ1v) is 6.37. The Balaban J connectivity index is 2.09. The Morgan fingerprint density at radius 3 is 3.00 bits per heavy atom. The van der Waals surface area contributed by atoms with E-state index in [1.54, 1.807) is 6.20 Å². The van der Waals surface area contributed by atoms with Crippen molar-refractivity contribution in [3.8, 4) is 11.3 Å². The van der Waals surface area contributed by atoms with Crippen LogP contribution >= 0.6 is 0 Å². The highest BCUT2D eigenvalue weighted by molar-refractivity contribution is 5.95. The van der Waals surface area contributed by atoms with Crippen LogP contribution < -0.4 is 11.1 Å². The van der Waals surface area contributed by atoms with Gasteiger partial charge in [0.05, 0.1) is 11.7 Å². The molecule has 1 amide bonds. The van der Waals surface area contributed by atoms with E-state index in [4.69, 9.17) is 5.73 Å². The quantitative estimate of drug-likeness (QED) is 0.768. The first-order valence-electron chi connectivity index (χ1n) is 6.37. The van der Waals surface area contributed by atoms with Gasteiger partial charge in [0.1, 0.15) is 0 Å². The number of nitrogens with zero attached hydrogens (tertiary/aromatic N) is 1. The Bertz CT molecular complexity index is 536. The summed E-state index contributed by atoms with van der Waals surface area (Å²) < 4.78 is 0. The first kappa shape index (κ1) is 13.3. The minimum atomic E-state index is -0.458. The topological polar surface area (TPSA) is 83.8 Å². The van der Waals surface area contributed by atoms with Crippen LogP contribution in [0.3, 0.4) is 0 Å². The van der Waals surface area contributed by atoms with E-state index in [0.29, 0.717) is 6.42 Å². The summed E-state index contributed by atoms with van der Waals surface area (Å²) in [7, 11) is 0. The van der Waals surface area contributed by atoms with Crippen LogP contribution in [0.4, 0.5) is 5.69 Å². The van der Waals surface area contributed by atoms with Gasteiger partial charge in [-0.05, 0) is 24.6 Å². The number of aromatic amines is 1. The zero-order chi connectivity index (χ0) is 13.7. The lowest BCUT2D eigenvalue weighted by atomic mass is 10.1. The molecule has 0 saturated heterocycles. The van der Waals surface area contributed by atoms with Crippen molar-refractivity contribution in [2.45, 2.75) is 25.8 Å². The molecule has 4 N–H and O–H groups in total. The molecular weight excluding hydrogens is 240 g/mol. The van der Waals surface area contributed by atoms with E-state index in [-0.39, 0.29) is 5.91 Å². The molecule has 19 heavy (non-hydrogen) atoms. The normalized spacial score (nSPS) is 12.1. The summed E-state index contributed by atoms with van der Waals surface area (Å²) >= 11 is 0. The Kier molecular flexibility index (Phi) is 4.30. The fourth-order valence-corrected chi connectivity index (χ4v) is 1.86. The fraction of sp³-hybridized carbons (Fsp3) is 0.286. The third kappa shape index (κ3) is 3.42. The maximum Gasteiger partial charge on any atom is 0.241 e. The Morgan fingerprint density at radius 2 is 2.32 bits per heavy atom. The van der Waals surface area contributed by atoms with Gasteiger partial charge in [-0.3, -0.25) is 9.89 Å². The number of hydrogen-bond acceptors (Lipinski definition) is 3.